The van der Waals surface area contributed by atoms with Crippen LogP contribution in [0.25, 0.3) is 0 Å². The maximum absolute atomic E-state index is 13.5. The zero-order valence-corrected chi connectivity index (χ0v) is 19.6. The third-order valence-corrected chi connectivity index (χ3v) is 9.31. The van der Waals surface area contributed by atoms with E-state index in [9.17, 15) is 23.1 Å². The molecule has 0 aliphatic carbocycles. The zero-order valence-electron chi connectivity index (χ0n) is 18.8. The second-order valence-corrected chi connectivity index (χ2v) is 11.5. The van der Waals surface area contributed by atoms with E-state index >= 15 is 0 Å². The third kappa shape index (κ3) is 8.02. The molecule has 2 saturated heterocycles. The van der Waals surface area contributed by atoms with Crippen molar-refractivity contribution in [2.75, 3.05) is 5.75 Å². The molecule has 2 N–H and O–H groups in total. The molecule has 2 aliphatic heterocycles. The standard InChI is InChI=1S/C22H38O8S/c1-3-6-16-18(29-16)9-12-22(14-11-21(25)26,13-10-19-17(30-19)7-4-2)31(27,28)15-5-8-20(23)24/h16-19H,3-15H2,1-2H3,(H,23,24)(H,25,26). The van der Waals surface area contributed by atoms with Crippen LogP contribution in [0.5, 0.6) is 0 Å². The molecule has 2 heterocycles. The number of epoxide rings is 2. The summed E-state index contributed by atoms with van der Waals surface area (Å²) in [6, 6.07) is 0. The van der Waals surface area contributed by atoms with E-state index in [4.69, 9.17) is 14.6 Å². The number of carbonyl (C=O) groups is 2. The summed E-state index contributed by atoms with van der Waals surface area (Å²) in [5.74, 6) is -2.30. The number of hydrogen-bond acceptors (Lipinski definition) is 6. The van der Waals surface area contributed by atoms with Crippen molar-refractivity contribution in [2.24, 2.45) is 0 Å². The van der Waals surface area contributed by atoms with Gasteiger partial charge in [0.1, 0.15) is 0 Å². The van der Waals surface area contributed by atoms with Gasteiger partial charge in [0, 0.05) is 12.8 Å². The number of ether oxygens (including phenoxy) is 2. The summed E-state index contributed by atoms with van der Waals surface area (Å²) in [6.45, 7) is 4.15. The van der Waals surface area contributed by atoms with Gasteiger partial charge in [-0.2, -0.15) is 0 Å². The number of sulfone groups is 1. The van der Waals surface area contributed by atoms with Gasteiger partial charge in [-0.15, -0.1) is 0 Å². The lowest BCUT2D eigenvalue weighted by atomic mass is 9.89. The Morgan fingerprint density at radius 1 is 0.774 bits per heavy atom. The highest BCUT2D eigenvalue weighted by atomic mass is 32.2. The van der Waals surface area contributed by atoms with E-state index in [0.29, 0.717) is 25.7 Å². The molecule has 8 nitrogen and oxygen atoms in total. The van der Waals surface area contributed by atoms with Gasteiger partial charge in [0.25, 0.3) is 0 Å². The van der Waals surface area contributed by atoms with Gasteiger partial charge in [-0.1, -0.05) is 26.7 Å². The molecule has 0 aromatic rings. The van der Waals surface area contributed by atoms with Crippen molar-refractivity contribution in [2.45, 2.75) is 120 Å². The predicted molar refractivity (Wildman–Crippen MR) is 116 cm³/mol. The summed E-state index contributed by atoms with van der Waals surface area (Å²) in [5.41, 5.74) is 0. The molecule has 0 aromatic heterocycles. The molecule has 0 amide bonds. The van der Waals surface area contributed by atoms with Crippen LogP contribution in [0.4, 0.5) is 0 Å². The molecular weight excluding hydrogens is 424 g/mol. The fourth-order valence-corrected chi connectivity index (χ4v) is 6.79. The van der Waals surface area contributed by atoms with Crippen molar-refractivity contribution < 1.29 is 37.7 Å². The fourth-order valence-electron chi connectivity index (χ4n) is 4.56. The first-order chi connectivity index (χ1) is 14.6. The molecule has 2 rings (SSSR count). The number of hydrogen-bond donors (Lipinski definition) is 2. The highest BCUT2D eigenvalue weighted by molar-refractivity contribution is 7.92. The predicted octanol–water partition coefficient (Wildman–Crippen LogP) is 3.57. The summed E-state index contributed by atoms with van der Waals surface area (Å²) in [7, 11) is -3.71. The third-order valence-electron chi connectivity index (χ3n) is 6.55. The number of carboxylic acid groups (broad SMARTS) is 2. The summed E-state index contributed by atoms with van der Waals surface area (Å²) in [5, 5.41) is 18.2. The van der Waals surface area contributed by atoms with Crippen molar-refractivity contribution in [1.29, 1.82) is 0 Å². The van der Waals surface area contributed by atoms with E-state index in [1.165, 1.54) is 0 Å². The van der Waals surface area contributed by atoms with Crippen molar-refractivity contribution >= 4 is 21.8 Å². The minimum absolute atomic E-state index is 0.0309. The molecular formula is C22H38O8S. The first-order valence-electron chi connectivity index (χ1n) is 11.6. The normalized spacial score (nSPS) is 26.9. The van der Waals surface area contributed by atoms with E-state index in [1.807, 2.05) is 0 Å². The topological polar surface area (TPSA) is 134 Å². The van der Waals surface area contributed by atoms with Crippen LogP contribution in [0, 0.1) is 0 Å². The Morgan fingerprint density at radius 3 is 1.65 bits per heavy atom. The van der Waals surface area contributed by atoms with Gasteiger partial charge in [-0.25, -0.2) is 8.42 Å². The quantitative estimate of drug-likeness (QED) is 0.295. The minimum atomic E-state index is -3.71. The van der Waals surface area contributed by atoms with Crippen molar-refractivity contribution in [1.82, 2.24) is 0 Å². The Kier molecular flexibility index (Phi) is 9.76. The Labute approximate surface area is 185 Å². The number of rotatable bonds is 18. The van der Waals surface area contributed by atoms with Crippen molar-refractivity contribution in [3.8, 4) is 0 Å². The monoisotopic (exact) mass is 462 g/mol. The van der Waals surface area contributed by atoms with Crippen molar-refractivity contribution in [3.05, 3.63) is 0 Å². The summed E-state index contributed by atoms with van der Waals surface area (Å²) < 4.78 is 37.1. The fraction of sp³-hybridized carbons (Fsp3) is 0.909. The van der Waals surface area contributed by atoms with Crippen LogP contribution in [0.3, 0.4) is 0 Å². The van der Waals surface area contributed by atoms with Gasteiger partial charge < -0.3 is 19.7 Å². The first kappa shape index (κ1) is 26.1. The Morgan fingerprint density at radius 2 is 1.23 bits per heavy atom. The molecule has 0 bridgehead atoms. The average Bonchev–Trinajstić information content (AvgIpc) is 3.59. The van der Waals surface area contributed by atoms with Gasteiger partial charge in [0.15, 0.2) is 9.84 Å². The number of carboxylic acids is 2. The van der Waals surface area contributed by atoms with Crippen LogP contribution in [-0.2, 0) is 28.9 Å². The summed E-state index contributed by atoms with van der Waals surface area (Å²) in [6.07, 6.45) is 5.71. The van der Waals surface area contributed by atoms with Gasteiger partial charge >= 0.3 is 11.9 Å². The van der Waals surface area contributed by atoms with E-state index in [-0.39, 0.29) is 55.9 Å². The van der Waals surface area contributed by atoms with Gasteiger partial charge in [-0.3, -0.25) is 9.59 Å². The Hall–Kier alpha value is -1.19. The van der Waals surface area contributed by atoms with Gasteiger partial charge in [0.05, 0.1) is 34.9 Å². The minimum Gasteiger partial charge on any atom is -0.481 e. The molecule has 0 spiro atoms. The van der Waals surface area contributed by atoms with E-state index < -0.39 is 26.5 Å². The number of aliphatic carboxylic acids is 2. The molecule has 4 atom stereocenters. The van der Waals surface area contributed by atoms with Crippen LogP contribution < -0.4 is 0 Å². The SMILES string of the molecule is CCCC1OC1CCC(CCC(=O)O)(CCC1OC1CCC)S(=O)(=O)CCCC(=O)O. The zero-order chi connectivity index (χ0) is 23.1. The summed E-state index contributed by atoms with van der Waals surface area (Å²) >= 11 is 0. The van der Waals surface area contributed by atoms with Crippen LogP contribution in [0.2, 0.25) is 0 Å². The first-order valence-corrected chi connectivity index (χ1v) is 13.3. The highest BCUT2D eigenvalue weighted by Gasteiger charge is 2.48. The van der Waals surface area contributed by atoms with Crippen LogP contribution >= 0.6 is 0 Å². The second-order valence-electron chi connectivity index (χ2n) is 8.97. The Bertz CT molecular complexity index is 680. The molecule has 0 saturated carbocycles. The van der Waals surface area contributed by atoms with E-state index in [2.05, 4.69) is 13.8 Å². The summed E-state index contributed by atoms with van der Waals surface area (Å²) in [4.78, 5) is 22.2. The molecule has 2 fully saturated rings. The van der Waals surface area contributed by atoms with Crippen LogP contribution in [0.15, 0.2) is 0 Å². The average molecular weight is 463 g/mol. The smallest absolute Gasteiger partial charge is 0.303 e. The van der Waals surface area contributed by atoms with Crippen LogP contribution in [0.1, 0.15) is 90.9 Å². The van der Waals surface area contributed by atoms with E-state index in [1.54, 1.807) is 0 Å². The second kappa shape index (κ2) is 11.6. The molecule has 31 heavy (non-hydrogen) atoms. The molecule has 4 unspecified atom stereocenters. The van der Waals surface area contributed by atoms with E-state index in [0.717, 1.165) is 25.7 Å². The maximum Gasteiger partial charge on any atom is 0.303 e. The molecule has 2 aliphatic rings. The highest BCUT2D eigenvalue weighted by Crippen LogP contribution is 2.42. The lowest BCUT2D eigenvalue weighted by Gasteiger charge is -2.33. The molecule has 0 aromatic carbocycles. The molecule has 180 valence electrons. The van der Waals surface area contributed by atoms with Gasteiger partial charge in [-0.05, 0) is 51.4 Å². The van der Waals surface area contributed by atoms with Gasteiger partial charge in [0.2, 0.25) is 0 Å². The lowest BCUT2D eigenvalue weighted by molar-refractivity contribution is -0.138. The maximum atomic E-state index is 13.5. The largest absolute Gasteiger partial charge is 0.481 e. The lowest BCUT2D eigenvalue weighted by Crippen LogP contribution is -2.42. The van der Waals surface area contributed by atoms with Crippen molar-refractivity contribution in [3.63, 3.8) is 0 Å². The Balaban J connectivity index is 2.14. The molecule has 9 heteroatoms. The molecule has 0 radical (unpaired) electrons. The van der Waals surface area contributed by atoms with Crippen LogP contribution in [-0.4, -0.2) is 65.5 Å².